The molecular formula is C20H28N2O3. The van der Waals surface area contributed by atoms with Crippen LogP contribution in [0.25, 0.3) is 0 Å². The molecule has 2 heterocycles. The minimum Gasteiger partial charge on any atom is -0.497 e. The minimum atomic E-state index is -0.213. The molecule has 5 nitrogen and oxygen atoms in total. The van der Waals surface area contributed by atoms with E-state index in [1.165, 1.54) is 16.9 Å². The van der Waals surface area contributed by atoms with E-state index in [-0.39, 0.29) is 17.9 Å². The van der Waals surface area contributed by atoms with Crippen LogP contribution in [0.15, 0.2) is 24.3 Å². The molecule has 136 valence electrons. The van der Waals surface area contributed by atoms with E-state index in [4.69, 9.17) is 4.74 Å². The predicted molar refractivity (Wildman–Crippen MR) is 96.4 cm³/mol. The Morgan fingerprint density at radius 2 is 1.80 bits per heavy atom. The van der Waals surface area contributed by atoms with Crippen LogP contribution in [0.4, 0.5) is 0 Å². The Morgan fingerprint density at radius 3 is 2.36 bits per heavy atom. The topological polar surface area (TPSA) is 49.9 Å². The number of imide groups is 1. The largest absolute Gasteiger partial charge is 0.497 e. The molecule has 1 atom stereocenters. The molecule has 3 rings (SSSR count). The van der Waals surface area contributed by atoms with Crippen LogP contribution in [-0.4, -0.2) is 54.4 Å². The number of hydrogen-bond donors (Lipinski definition) is 0. The van der Waals surface area contributed by atoms with Gasteiger partial charge in [0.15, 0.2) is 0 Å². The Balaban J connectivity index is 1.45. The molecule has 0 bridgehead atoms. The number of rotatable bonds is 6. The summed E-state index contributed by atoms with van der Waals surface area (Å²) < 4.78 is 5.20. The third kappa shape index (κ3) is 4.03. The van der Waals surface area contributed by atoms with E-state index in [0.717, 1.165) is 38.1 Å². The van der Waals surface area contributed by atoms with Crippen LogP contribution in [0.5, 0.6) is 5.75 Å². The Hall–Kier alpha value is -1.88. The number of likely N-dealkylation sites (tertiary alicyclic amines) is 2. The smallest absolute Gasteiger partial charge is 0.247 e. The van der Waals surface area contributed by atoms with E-state index in [1.807, 2.05) is 19.1 Å². The molecular weight excluding hydrogens is 316 g/mol. The number of benzene rings is 1. The third-order valence-corrected chi connectivity index (χ3v) is 5.63. The average Bonchev–Trinajstić information content (AvgIpc) is 2.94. The fourth-order valence-corrected chi connectivity index (χ4v) is 4.00. The first-order valence-corrected chi connectivity index (χ1v) is 9.33. The first-order chi connectivity index (χ1) is 12.1. The zero-order valence-electron chi connectivity index (χ0n) is 15.2. The monoisotopic (exact) mass is 344 g/mol. The molecule has 2 fully saturated rings. The summed E-state index contributed by atoms with van der Waals surface area (Å²) in [5.74, 6) is 1.59. The lowest BCUT2D eigenvalue weighted by Gasteiger charge is -2.34. The molecule has 2 amide bonds. The van der Waals surface area contributed by atoms with Crippen LogP contribution in [0.3, 0.4) is 0 Å². The fourth-order valence-electron chi connectivity index (χ4n) is 4.00. The zero-order chi connectivity index (χ0) is 17.8. The number of amides is 2. The maximum Gasteiger partial charge on any atom is 0.247 e. The van der Waals surface area contributed by atoms with Gasteiger partial charge in [0.1, 0.15) is 5.75 Å². The van der Waals surface area contributed by atoms with Crippen LogP contribution in [0, 0.1) is 5.92 Å². The van der Waals surface area contributed by atoms with Crippen molar-refractivity contribution < 1.29 is 14.3 Å². The molecule has 0 aliphatic carbocycles. The minimum absolute atomic E-state index is 0.00387. The lowest BCUT2D eigenvalue weighted by molar-refractivity contribution is -0.139. The van der Waals surface area contributed by atoms with Crippen LogP contribution in [-0.2, 0) is 16.0 Å². The van der Waals surface area contributed by atoms with E-state index in [9.17, 15) is 9.59 Å². The van der Waals surface area contributed by atoms with Crippen molar-refractivity contribution in [1.29, 1.82) is 0 Å². The highest BCUT2D eigenvalue weighted by atomic mass is 16.5. The van der Waals surface area contributed by atoms with Gasteiger partial charge in [0, 0.05) is 6.54 Å². The van der Waals surface area contributed by atoms with E-state index >= 15 is 0 Å². The first kappa shape index (κ1) is 17.9. The summed E-state index contributed by atoms with van der Waals surface area (Å²) >= 11 is 0. The maximum absolute atomic E-state index is 12.3. The van der Waals surface area contributed by atoms with Gasteiger partial charge < -0.3 is 4.74 Å². The van der Waals surface area contributed by atoms with Gasteiger partial charge in [-0.3, -0.25) is 19.4 Å². The van der Waals surface area contributed by atoms with Gasteiger partial charge in [-0.15, -0.1) is 0 Å². The van der Waals surface area contributed by atoms with E-state index in [1.54, 1.807) is 7.11 Å². The summed E-state index contributed by atoms with van der Waals surface area (Å²) in [7, 11) is 1.69. The van der Waals surface area contributed by atoms with Crippen molar-refractivity contribution in [3.63, 3.8) is 0 Å². The lowest BCUT2D eigenvalue weighted by atomic mass is 9.90. The van der Waals surface area contributed by atoms with Crippen molar-refractivity contribution in [3.8, 4) is 5.75 Å². The Morgan fingerprint density at radius 1 is 1.12 bits per heavy atom. The summed E-state index contributed by atoms with van der Waals surface area (Å²) in [6.07, 6.45) is 4.85. The standard InChI is InChI=1S/C20H28N2O3/c1-3-22-19(23)14-18(20(22)24)21-12-10-16(11-13-21)5-4-15-6-8-17(25-2)9-7-15/h6-9,16,18H,3-5,10-14H2,1-2H3/t18-/m1/s1. The fraction of sp³-hybridized carbons (Fsp3) is 0.600. The molecule has 0 unspecified atom stereocenters. The molecule has 0 N–H and O–H groups in total. The number of piperidine rings is 1. The molecule has 2 saturated heterocycles. The molecule has 0 aromatic heterocycles. The van der Waals surface area contributed by atoms with Crippen molar-refractivity contribution >= 4 is 11.8 Å². The van der Waals surface area contributed by atoms with Crippen molar-refractivity contribution in [2.45, 2.75) is 45.1 Å². The second kappa shape index (κ2) is 8.00. The third-order valence-electron chi connectivity index (χ3n) is 5.63. The van der Waals surface area contributed by atoms with Crippen LogP contribution in [0.2, 0.25) is 0 Å². The number of aryl methyl sites for hydroxylation is 1. The molecule has 2 aliphatic rings. The predicted octanol–water partition coefficient (Wildman–Crippen LogP) is 2.49. The van der Waals surface area contributed by atoms with E-state index < -0.39 is 0 Å². The Labute approximate surface area is 149 Å². The van der Waals surface area contributed by atoms with Gasteiger partial charge >= 0.3 is 0 Å². The summed E-state index contributed by atoms with van der Waals surface area (Å²) in [6.45, 7) is 4.21. The van der Waals surface area contributed by atoms with Gasteiger partial charge in [0.25, 0.3) is 0 Å². The van der Waals surface area contributed by atoms with Crippen LogP contribution in [0.1, 0.15) is 38.2 Å². The summed E-state index contributed by atoms with van der Waals surface area (Å²) in [5, 5.41) is 0. The van der Waals surface area contributed by atoms with Crippen molar-refractivity contribution in [2.75, 3.05) is 26.7 Å². The number of carbonyl (C=O) groups is 2. The molecule has 0 spiro atoms. The van der Waals surface area contributed by atoms with E-state index in [0.29, 0.717) is 18.9 Å². The normalized spacial score (nSPS) is 22.6. The van der Waals surface area contributed by atoms with Gasteiger partial charge in [0.2, 0.25) is 11.8 Å². The SMILES string of the molecule is CCN1C(=O)C[C@@H](N2CCC(CCc3ccc(OC)cc3)CC2)C1=O. The first-order valence-electron chi connectivity index (χ1n) is 9.33. The average molecular weight is 344 g/mol. The van der Waals surface area contributed by atoms with Gasteiger partial charge in [-0.1, -0.05) is 12.1 Å². The second-order valence-electron chi connectivity index (χ2n) is 7.06. The quantitative estimate of drug-likeness (QED) is 0.744. The number of nitrogens with zero attached hydrogens (tertiary/aromatic N) is 2. The van der Waals surface area contributed by atoms with Gasteiger partial charge in [-0.05, 0) is 69.3 Å². The molecule has 1 aromatic carbocycles. The van der Waals surface area contributed by atoms with Crippen molar-refractivity contribution in [1.82, 2.24) is 9.80 Å². The molecule has 0 radical (unpaired) electrons. The highest BCUT2D eigenvalue weighted by Crippen LogP contribution is 2.27. The molecule has 1 aromatic rings. The van der Waals surface area contributed by atoms with Crippen LogP contribution >= 0.6 is 0 Å². The number of methoxy groups -OCH3 is 1. The highest BCUT2D eigenvalue weighted by molar-refractivity contribution is 6.05. The molecule has 0 saturated carbocycles. The van der Waals surface area contributed by atoms with E-state index in [2.05, 4.69) is 17.0 Å². The lowest BCUT2D eigenvalue weighted by Crippen LogP contribution is -2.45. The second-order valence-corrected chi connectivity index (χ2v) is 7.06. The summed E-state index contributed by atoms with van der Waals surface area (Å²) in [5.41, 5.74) is 1.35. The molecule has 5 heteroatoms. The summed E-state index contributed by atoms with van der Waals surface area (Å²) in [4.78, 5) is 27.9. The number of likely N-dealkylation sites (N-methyl/N-ethyl adjacent to an activating group) is 1. The highest BCUT2D eigenvalue weighted by Gasteiger charge is 2.41. The maximum atomic E-state index is 12.3. The van der Waals surface area contributed by atoms with Gasteiger partial charge in [-0.25, -0.2) is 0 Å². The molecule has 2 aliphatic heterocycles. The van der Waals surface area contributed by atoms with Crippen molar-refractivity contribution in [3.05, 3.63) is 29.8 Å². The summed E-state index contributed by atoms with van der Waals surface area (Å²) in [6, 6.07) is 8.09. The number of ether oxygens (including phenoxy) is 1. The Bertz CT molecular complexity index is 606. The number of carbonyl (C=O) groups excluding carboxylic acids is 2. The Kier molecular flexibility index (Phi) is 5.74. The van der Waals surface area contributed by atoms with Gasteiger partial charge in [0.05, 0.1) is 19.6 Å². The molecule has 25 heavy (non-hydrogen) atoms. The van der Waals surface area contributed by atoms with Crippen LogP contribution < -0.4 is 4.74 Å². The zero-order valence-corrected chi connectivity index (χ0v) is 15.2. The number of hydrogen-bond acceptors (Lipinski definition) is 4. The van der Waals surface area contributed by atoms with Gasteiger partial charge in [-0.2, -0.15) is 0 Å². The van der Waals surface area contributed by atoms with Crippen molar-refractivity contribution in [2.24, 2.45) is 5.92 Å².